The standard InChI is InChI=1S/C16H13N7/c17-7-10-2-1-3-12(6-10)21-15-14-13(19-9-20-15)8-18-16(23-14)22-11-4-5-11/h1-3,6,8-9,11H,4-5H2,(H,18,22,23)(H,19,20,21). The minimum Gasteiger partial charge on any atom is -0.351 e. The number of nitrogens with zero attached hydrogens (tertiary/aromatic N) is 5. The summed E-state index contributed by atoms with van der Waals surface area (Å²) < 4.78 is 0. The molecule has 1 aromatic carbocycles. The molecule has 0 bridgehead atoms. The molecule has 0 spiro atoms. The maximum Gasteiger partial charge on any atom is 0.223 e. The topological polar surface area (TPSA) is 99.4 Å². The third-order valence-corrected chi connectivity index (χ3v) is 3.54. The summed E-state index contributed by atoms with van der Waals surface area (Å²) in [4.78, 5) is 17.3. The molecule has 2 aromatic heterocycles. The Morgan fingerprint density at radius 2 is 2.09 bits per heavy atom. The number of hydrogen-bond acceptors (Lipinski definition) is 7. The third-order valence-electron chi connectivity index (χ3n) is 3.54. The zero-order valence-corrected chi connectivity index (χ0v) is 12.2. The number of rotatable bonds is 4. The molecule has 0 atom stereocenters. The van der Waals surface area contributed by atoms with Crippen LogP contribution in [0, 0.1) is 11.3 Å². The van der Waals surface area contributed by atoms with Crippen LogP contribution in [0.4, 0.5) is 17.5 Å². The molecule has 7 nitrogen and oxygen atoms in total. The Morgan fingerprint density at radius 3 is 2.91 bits per heavy atom. The Labute approximate surface area is 132 Å². The first-order valence-corrected chi connectivity index (χ1v) is 7.33. The van der Waals surface area contributed by atoms with E-state index in [9.17, 15) is 0 Å². The van der Waals surface area contributed by atoms with Gasteiger partial charge in [0.15, 0.2) is 5.82 Å². The zero-order valence-electron chi connectivity index (χ0n) is 12.2. The van der Waals surface area contributed by atoms with Crippen molar-refractivity contribution in [1.82, 2.24) is 19.9 Å². The lowest BCUT2D eigenvalue weighted by molar-refractivity contribution is 1.06. The van der Waals surface area contributed by atoms with Crippen LogP contribution < -0.4 is 10.6 Å². The summed E-state index contributed by atoms with van der Waals surface area (Å²) in [5.41, 5.74) is 2.67. The maximum absolute atomic E-state index is 8.99. The predicted octanol–water partition coefficient (Wildman–Crippen LogP) is 2.61. The summed E-state index contributed by atoms with van der Waals surface area (Å²) in [6, 6.07) is 9.80. The highest BCUT2D eigenvalue weighted by Gasteiger charge is 2.22. The molecule has 0 radical (unpaired) electrons. The van der Waals surface area contributed by atoms with Gasteiger partial charge in [-0.3, -0.25) is 0 Å². The van der Waals surface area contributed by atoms with E-state index >= 15 is 0 Å². The minimum atomic E-state index is 0.473. The van der Waals surface area contributed by atoms with Gasteiger partial charge in [0.2, 0.25) is 5.95 Å². The number of benzene rings is 1. The molecule has 1 fully saturated rings. The van der Waals surface area contributed by atoms with Gasteiger partial charge in [-0.25, -0.2) is 19.9 Å². The van der Waals surface area contributed by atoms with Crippen LogP contribution in [0.3, 0.4) is 0 Å². The Hall–Kier alpha value is -3.27. The molecule has 0 amide bonds. The molecule has 7 heteroatoms. The fourth-order valence-electron chi connectivity index (χ4n) is 2.23. The highest BCUT2D eigenvalue weighted by molar-refractivity contribution is 5.87. The first kappa shape index (κ1) is 13.4. The highest BCUT2D eigenvalue weighted by Crippen LogP contribution is 2.25. The number of hydrogen-bond donors (Lipinski definition) is 2. The minimum absolute atomic E-state index is 0.473. The van der Waals surface area contributed by atoms with Crippen molar-refractivity contribution >= 4 is 28.5 Å². The fraction of sp³-hybridized carbons (Fsp3) is 0.188. The van der Waals surface area contributed by atoms with Gasteiger partial charge in [-0.15, -0.1) is 0 Å². The van der Waals surface area contributed by atoms with Crippen LogP contribution in [-0.2, 0) is 0 Å². The van der Waals surface area contributed by atoms with Gasteiger partial charge in [0.05, 0.1) is 17.8 Å². The van der Waals surface area contributed by atoms with Crippen molar-refractivity contribution < 1.29 is 0 Å². The largest absolute Gasteiger partial charge is 0.351 e. The molecule has 0 aliphatic heterocycles. The summed E-state index contributed by atoms with van der Waals surface area (Å²) in [5.74, 6) is 1.18. The molecule has 1 aliphatic carbocycles. The van der Waals surface area contributed by atoms with E-state index < -0.39 is 0 Å². The molecular formula is C16H13N7. The summed E-state index contributed by atoms with van der Waals surface area (Å²) in [6.45, 7) is 0. The molecule has 1 saturated carbocycles. The predicted molar refractivity (Wildman–Crippen MR) is 86.2 cm³/mol. The van der Waals surface area contributed by atoms with Crippen molar-refractivity contribution in [2.75, 3.05) is 10.6 Å². The van der Waals surface area contributed by atoms with Gasteiger partial charge in [-0.1, -0.05) is 6.07 Å². The van der Waals surface area contributed by atoms with Gasteiger partial charge in [-0.05, 0) is 31.0 Å². The second kappa shape index (κ2) is 5.50. The van der Waals surface area contributed by atoms with Crippen LogP contribution in [-0.4, -0.2) is 26.0 Å². The van der Waals surface area contributed by atoms with Crippen LogP contribution in [0.1, 0.15) is 18.4 Å². The van der Waals surface area contributed by atoms with E-state index in [4.69, 9.17) is 5.26 Å². The Bertz CT molecular complexity index is 912. The van der Waals surface area contributed by atoms with Gasteiger partial charge >= 0.3 is 0 Å². The van der Waals surface area contributed by atoms with E-state index in [0.29, 0.717) is 34.4 Å². The smallest absolute Gasteiger partial charge is 0.223 e. The zero-order chi connectivity index (χ0) is 15.6. The third kappa shape index (κ3) is 2.87. The number of anilines is 3. The molecule has 112 valence electrons. The molecule has 23 heavy (non-hydrogen) atoms. The van der Waals surface area contributed by atoms with E-state index in [0.717, 1.165) is 18.5 Å². The number of nitrogens with one attached hydrogen (secondary N) is 2. The van der Waals surface area contributed by atoms with E-state index in [1.807, 2.05) is 12.1 Å². The van der Waals surface area contributed by atoms with Crippen molar-refractivity contribution in [2.45, 2.75) is 18.9 Å². The number of aromatic nitrogens is 4. The monoisotopic (exact) mass is 303 g/mol. The quantitative estimate of drug-likeness (QED) is 0.764. The van der Waals surface area contributed by atoms with Crippen molar-refractivity contribution in [2.24, 2.45) is 0 Å². The first-order chi connectivity index (χ1) is 11.3. The van der Waals surface area contributed by atoms with Crippen LogP contribution in [0.5, 0.6) is 0 Å². The molecular weight excluding hydrogens is 290 g/mol. The Kier molecular flexibility index (Phi) is 3.20. The highest BCUT2D eigenvalue weighted by atomic mass is 15.1. The van der Waals surface area contributed by atoms with E-state index in [2.05, 4.69) is 36.6 Å². The summed E-state index contributed by atoms with van der Waals surface area (Å²) >= 11 is 0. The summed E-state index contributed by atoms with van der Waals surface area (Å²) in [5, 5.41) is 15.5. The molecule has 2 N–H and O–H groups in total. The van der Waals surface area contributed by atoms with Crippen LogP contribution >= 0.6 is 0 Å². The lowest BCUT2D eigenvalue weighted by Gasteiger charge is -2.09. The molecule has 1 aliphatic rings. The van der Waals surface area contributed by atoms with Crippen LogP contribution in [0.2, 0.25) is 0 Å². The molecule has 2 heterocycles. The van der Waals surface area contributed by atoms with Gasteiger partial charge in [0.25, 0.3) is 0 Å². The lowest BCUT2D eigenvalue weighted by Crippen LogP contribution is -2.06. The summed E-state index contributed by atoms with van der Waals surface area (Å²) in [6.07, 6.45) is 5.46. The van der Waals surface area contributed by atoms with Crippen LogP contribution in [0.25, 0.3) is 11.0 Å². The maximum atomic E-state index is 8.99. The fourth-order valence-corrected chi connectivity index (χ4v) is 2.23. The molecule has 3 aromatic rings. The van der Waals surface area contributed by atoms with E-state index in [1.54, 1.807) is 18.3 Å². The average Bonchev–Trinajstić information content (AvgIpc) is 3.40. The second-order valence-electron chi connectivity index (χ2n) is 5.39. The number of nitriles is 1. The summed E-state index contributed by atoms with van der Waals surface area (Å²) in [7, 11) is 0. The molecule has 4 rings (SSSR count). The molecule has 0 unspecified atom stereocenters. The Balaban J connectivity index is 1.71. The van der Waals surface area contributed by atoms with Crippen molar-refractivity contribution in [3.8, 4) is 6.07 Å². The van der Waals surface area contributed by atoms with Crippen molar-refractivity contribution in [3.63, 3.8) is 0 Å². The van der Waals surface area contributed by atoms with E-state index in [1.165, 1.54) is 6.33 Å². The Morgan fingerprint density at radius 1 is 1.17 bits per heavy atom. The lowest BCUT2D eigenvalue weighted by atomic mass is 10.2. The average molecular weight is 303 g/mol. The second-order valence-corrected chi connectivity index (χ2v) is 5.39. The van der Waals surface area contributed by atoms with Crippen molar-refractivity contribution in [1.29, 1.82) is 5.26 Å². The van der Waals surface area contributed by atoms with Crippen molar-refractivity contribution in [3.05, 3.63) is 42.4 Å². The normalized spacial score (nSPS) is 13.5. The van der Waals surface area contributed by atoms with Gasteiger partial charge in [0.1, 0.15) is 17.4 Å². The van der Waals surface area contributed by atoms with E-state index in [-0.39, 0.29) is 0 Å². The van der Waals surface area contributed by atoms with Crippen LogP contribution in [0.15, 0.2) is 36.8 Å². The molecule has 0 saturated heterocycles. The number of fused-ring (bicyclic) bond motifs is 1. The first-order valence-electron chi connectivity index (χ1n) is 7.33. The SMILES string of the molecule is N#Cc1cccc(Nc2ncnc3cnc(NC4CC4)nc23)c1. The van der Waals surface area contributed by atoms with Gasteiger partial charge in [0, 0.05) is 11.7 Å². The van der Waals surface area contributed by atoms with Gasteiger partial charge < -0.3 is 10.6 Å². The van der Waals surface area contributed by atoms with Gasteiger partial charge in [-0.2, -0.15) is 5.26 Å².